The summed E-state index contributed by atoms with van der Waals surface area (Å²) in [6, 6.07) is 0.681. The van der Waals surface area contributed by atoms with Gasteiger partial charge in [-0.15, -0.1) is 0 Å². The van der Waals surface area contributed by atoms with Gasteiger partial charge in [0.2, 0.25) is 0 Å². The molecule has 1 rings (SSSR count). The van der Waals surface area contributed by atoms with Crippen LogP contribution in [-0.2, 0) is 0 Å². The van der Waals surface area contributed by atoms with Crippen LogP contribution in [0.25, 0.3) is 0 Å². The molecule has 0 aliphatic carbocycles. The molecule has 1 aliphatic rings. The van der Waals surface area contributed by atoms with Crippen molar-refractivity contribution in [2.24, 2.45) is 0 Å². The van der Waals surface area contributed by atoms with E-state index in [-0.39, 0.29) is 11.1 Å². The van der Waals surface area contributed by atoms with E-state index in [1.54, 1.807) is 0 Å². The van der Waals surface area contributed by atoms with Crippen LogP contribution < -0.4 is 10.6 Å². The first-order valence-electron chi connectivity index (χ1n) is 10.8. The minimum Gasteiger partial charge on any atom is -0.314 e. The van der Waals surface area contributed by atoms with E-state index in [4.69, 9.17) is 0 Å². The number of hydrogen-bond donors (Lipinski definition) is 2. The molecular weight excluding hydrogens is 292 g/mol. The van der Waals surface area contributed by atoms with Crippen molar-refractivity contribution in [2.75, 3.05) is 6.54 Å². The van der Waals surface area contributed by atoms with E-state index >= 15 is 0 Å². The van der Waals surface area contributed by atoms with Gasteiger partial charge in [0.15, 0.2) is 0 Å². The molecule has 2 nitrogen and oxygen atoms in total. The van der Waals surface area contributed by atoms with Crippen LogP contribution in [0, 0.1) is 0 Å². The second kappa shape index (κ2) is 13.2. The Hall–Kier alpha value is -0.0800. The summed E-state index contributed by atoms with van der Waals surface area (Å²) in [5.41, 5.74) is 0.525. The van der Waals surface area contributed by atoms with Crippen LogP contribution in [0.1, 0.15) is 119 Å². The summed E-state index contributed by atoms with van der Waals surface area (Å²) in [5.74, 6) is 0. The first kappa shape index (κ1) is 23.9. The standard InChI is InChI=1S/C19H40N2.C3H8/c1-6-7-8-9-10-11-12-13-14-20-17-15-18(2,3)21-19(4,5)16-17;1-3-2/h17,20-21H,6-16H2,1-5H3;3H2,1-2H3. The highest BCUT2D eigenvalue weighted by atomic mass is 15.1. The molecule has 2 heteroatoms. The molecule has 1 fully saturated rings. The lowest BCUT2D eigenvalue weighted by Gasteiger charge is -2.46. The summed E-state index contributed by atoms with van der Waals surface area (Å²) in [6.07, 6.45) is 15.0. The van der Waals surface area contributed by atoms with E-state index in [0.29, 0.717) is 6.04 Å². The molecule has 24 heavy (non-hydrogen) atoms. The normalized spacial score (nSPS) is 19.6. The number of rotatable bonds is 10. The SMILES string of the molecule is CCC.CCCCCCCCCCNC1CC(C)(C)NC(C)(C)C1. The van der Waals surface area contributed by atoms with Crippen molar-refractivity contribution in [1.29, 1.82) is 0 Å². The maximum absolute atomic E-state index is 3.80. The molecule has 0 radical (unpaired) electrons. The van der Waals surface area contributed by atoms with Crippen LogP contribution in [0.15, 0.2) is 0 Å². The third kappa shape index (κ3) is 13.2. The van der Waals surface area contributed by atoms with E-state index < -0.39 is 0 Å². The Morgan fingerprint density at radius 3 is 1.62 bits per heavy atom. The molecule has 0 unspecified atom stereocenters. The van der Waals surface area contributed by atoms with Gasteiger partial charge < -0.3 is 10.6 Å². The number of hydrogen-bond acceptors (Lipinski definition) is 2. The Morgan fingerprint density at radius 2 is 1.17 bits per heavy atom. The monoisotopic (exact) mass is 340 g/mol. The quantitative estimate of drug-likeness (QED) is 0.447. The average Bonchev–Trinajstić information content (AvgIpc) is 2.43. The highest BCUT2D eigenvalue weighted by Gasteiger charge is 2.37. The van der Waals surface area contributed by atoms with Gasteiger partial charge in [0.1, 0.15) is 0 Å². The Balaban J connectivity index is 0.00000163. The Kier molecular flexibility index (Phi) is 13.1. The predicted octanol–water partition coefficient (Wildman–Crippen LogP) is 6.44. The van der Waals surface area contributed by atoms with Gasteiger partial charge in [-0.05, 0) is 53.5 Å². The molecule has 1 heterocycles. The first-order valence-corrected chi connectivity index (χ1v) is 10.8. The summed E-state index contributed by atoms with van der Waals surface area (Å²) in [7, 11) is 0. The Bertz CT molecular complexity index is 268. The molecule has 0 atom stereocenters. The third-order valence-corrected chi connectivity index (χ3v) is 4.65. The fourth-order valence-corrected chi connectivity index (χ4v) is 4.03. The van der Waals surface area contributed by atoms with E-state index in [0.717, 1.165) is 0 Å². The molecule has 0 aromatic rings. The van der Waals surface area contributed by atoms with Crippen LogP contribution >= 0.6 is 0 Å². The predicted molar refractivity (Wildman–Crippen MR) is 111 cm³/mol. The van der Waals surface area contributed by atoms with Gasteiger partial charge in [0, 0.05) is 17.1 Å². The van der Waals surface area contributed by atoms with Gasteiger partial charge in [0.25, 0.3) is 0 Å². The van der Waals surface area contributed by atoms with Gasteiger partial charge in [0.05, 0.1) is 0 Å². The maximum atomic E-state index is 3.80. The van der Waals surface area contributed by atoms with E-state index in [9.17, 15) is 0 Å². The van der Waals surface area contributed by atoms with Crippen molar-refractivity contribution in [3.8, 4) is 0 Å². The molecule has 0 aromatic heterocycles. The average molecular weight is 341 g/mol. The zero-order valence-electron chi connectivity index (χ0n) is 18.1. The zero-order valence-corrected chi connectivity index (χ0v) is 18.1. The molecule has 146 valence electrons. The molecule has 0 amide bonds. The second-order valence-electron chi connectivity index (χ2n) is 9.13. The van der Waals surface area contributed by atoms with Crippen LogP contribution in [0.5, 0.6) is 0 Å². The number of unbranched alkanes of at least 4 members (excludes halogenated alkanes) is 7. The second-order valence-corrected chi connectivity index (χ2v) is 9.13. The molecular formula is C22H48N2. The molecule has 0 saturated carbocycles. The van der Waals surface area contributed by atoms with Crippen LogP contribution in [0.4, 0.5) is 0 Å². The van der Waals surface area contributed by atoms with E-state index in [1.807, 2.05) is 0 Å². The molecule has 1 aliphatic heterocycles. The highest BCUT2D eigenvalue weighted by Crippen LogP contribution is 2.28. The molecule has 0 spiro atoms. The fourth-order valence-electron chi connectivity index (χ4n) is 4.03. The van der Waals surface area contributed by atoms with Crippen molar-refractivity contribution < 1.29 is 0 Å². The number of nitrogens with one attached hydrogen (secondary N) is 2. The summed E-state index contributed by atoms with van der Waals surface area (Å²) >= 11 is 0. The molecule has 2 N–H and O–H groups in total. The first-order chi connectivity index (χ1) is 11.3. The minimum atomic E-state index is 0.263. The third-order valence-electron chi connectivity index (χ3n) is 4.65. The van der Waals surface area contributed by atoms with Gasteiger partial charge in [-0.3, -0.25) is 0 Å². The topological polar surface area (TPSA) is 24.1 Å². The lowest BCUT2D eigenvalue weighted by molar-refractivity contribution is 0.146. The van der Waals surface area contributed by atoms with Gasteiger partial charge in [-0.1, -0.05) is 72.1 Å². The van der Waals surface area contributed by atoms with Crippen molar-refractivity contribution in [3.05, 3.63) is 0 Å². The Morgan fingerprint density at radius 1 is 0.750 bits per heavy atom. The van der Waals surface area contributed by atoms with E-state index in [2.05, 4.69) is 59.1 Å². The molecule has 0 aromatic carbocycles. The van der Waals surface area contributed by atoms with Crippen molar-refractivity contribution in [1.82, 2.24) is 10.6 Å². The van der Waals surface area contributed by atoms with Crippen LogP contribution in [0.3, 0.4) is 0 Å². The summed E-state index contributed by atoms with van der Waals surface area (Å²) < 4.78 is 0. The summed E-state index contributed by atoms with van der Waals surface area (Å²) in [5, 5.41) is 7.56. The fraction of sp³-hybridized carbons (Fsp3) is 1.00. The zero-order chi connectivity index (χ0) is 18.5. The van der Waals surface area contributed by atoms with Crippen molar-refractivity contribution in [2.45, 2.75) is 136 Å². The van der Waals surface area contributed by atoms with Gasteiger partial charge in [-0.25, -0.2) is 0 Å². The Labute approximate surface area is 154 Å². The molecule has 0 bridgehead atoms. The minimum absolute atomic E-state index is 0.263. The van der Waals surface area contributed by atoms with Crippen molar-refractivity contribution >= 4 is 0 Å². The molecule has 1 saturated heterocycles. The lowest BCUT2D eigenvalue weighted by Crippen LogP contribution is -2.61. The maximum Gasteiger partial charge on any atom is 0.0144 e. The lowest BCUT2D eigenvalue weighted by atomic mass is 9.79. The van der Waals surface area contributed by atoms with Gasteiger partial charge >= 0.3 is 0 Å². The van der Waals surface area contributed by atoms with E-state index in [1.165, 1.54) is 77.2 Å². The largest absolute Gasteiger partial charge is 0.314 e. The smallest absolute Gasteiger partial charge is 0.0144 e. The summed E-state index contributed by atoms with van der Waals surface area (Å²) in [4.78, 5) is 0. The van der Waals surface area contributed by atoms with Crippen LogP contribution in [0.2, 0.25) is 0 Å². The van der Waals surface area contributed by atoms with Crippen LogP contribution in [-0.4, -0.2) is 23.7 Å². The highest BCUT2D eigenvalue weighted by molar-refractivity contribution is 4.99. The number of piperidine rings is 1. The summed E-state index contributed by atoms with van der Waals surface area (Å²) in [6.45, 7) is 17.1. The van der Waals surface area contributed by atoms with Gasteiger partial charge in [-0.2, -0.15) is 0 Å². The van der Waals surface area contributed by atoms with Crippen molar-refractivity contribution in [3.63, 3.8) is 0 Å².